The van der Waals surface area contributed by atoms with Gasteiger partial charge in [0.15, 0.2) is 0 Å². The summed E-state index contributed by atoms with van der Waals surface area (Å²) in [5, 5.41) is 0. The zero-order valence-electron chi connectivity index (χ0n) is 11.9. The molecule has 112 valence electrons. The molecule has 1 atom stereocenters. The average Bonchev–Trinajstić information content (AvgIpc) is 2.83. The minimum Gasteiger partial charge on any atom is -0.398 e. The molecule has 1 fully saturated rings. The van der Waals surface area contributed by atoms with Gasteiger partial charge in [-0.1, -0.05) is 0 Å². The van der Waals surface area contributed by atoms with Crippen molar-refractivity contribution < 1.29 is 8.42 Å². The maximum Gasteiger partial charge on any atom is 0.243 e. The van der Waals surface area contributed by atoms with E-state index in [1.54, 1.807) is 17.3 Å². The Morgan fingerprint density at radius 3 is 2.60 bits per heavy atom. The van der Waals surface area contributed by atoms with Gasteiger partial charge in [-0.2, -0.15) is 4.31 Å². The Bertz CT molecular complexity index is 616. The van der Waals surface area contributed by atoms with Gasteiger partial charge in [0, 0.05) is 29.3 Å². The summed E-state index contributed by atoms with van der Waals surface area (Å²) in [5.41, 5.74) is 6.97. The highest BCUT2D eigenvalue weighted by molar-refractivity contribution is 9.10. The molecule has 0 bridgehead atoms. The van der Waals surface area contributed by atoms with Gasteiger partial charge in [-0.25, -0.2) is 8.42 Å². The van der Waals surface area contributed by atoms with E-state index in [2.05, 4.69) is 20.8 Å². The van der Waals surface area contributed by atoms with Crippen LogP contribution in [-0.4, -0.2) is 50.8 Å². The molecular weight excluding hydrogens is 342 g/mol. The Labute approximate surface area is 128 Å². The van der Waals surface area contributed by atoms with E-state index in [1.807, 2.05) is 14.1 Å². The summed E-state index contributed by atoms with van der Waals surface area (Å²) < 4.78 is 27.7. The van der Waals surface area contributed by atoms with E-state index in [9.17, 15) is 8.42 Å². The molecule has 20 heavy (non-hydrogen) atoms. The fraction of sp³-hybridized carbons (Fsp3) is 0.538. The third-order valence-electron chi connectivity index (χ3n) is 3.77. The first-order chi connectivity index (χ1) is 9.23. The Hall–Kier alpha value is -0.630. The van der Waals surface area contributed by atoms with Crippen LogP contribution in [0.4, 0.5) is 5.69 Å². The highest BCUT2D eigenvalue weighted by atomic mass is 79.9. The maximum absolute atomic E-state index is 12.7. The summed E-state index contributed by atoms with van der Waals surface area (Å²) in [6.45, 7) is 2.88. The summed E-state index contributed by atoms with van der Waals surface area (Å²) in [7, 11) is 0.482. The number of halogens is 1. The molecule has 2 rings (SSSR count). The van der Waals surface area contributed by atoms with Crippen LogP contribution < -0.4 is 5.73 Å². The largest absolute Gasteiger partial charge is 0.398 e. The van der Waals surface area contributed by atoms with E-state index in [-0.39, 0.29) is 6.04 Å². The summed E-state index contributed by atoms with van der Waals surface area (Å²) >= 11 is 3.32. The topological polar surface area (TPSA) is 66.6 Å². The molecule has 1 saturated heterocycles. The molecule has 1 aliphatic rings. The third kappa shape index (κ3) is 2.86. The zero-order chi connectivity index (χ0) is 15.1. The smallest absolute Gasteiger partial charge is 0.243 e. The van der Waals surface area contributed by atoms with Crippen LogP contribution in [0.1, 0.15) is 12.0 Å². The van der Waals surface area contributed by atoms with Crippen LogP contribution in [0.25, 0.3) is 0 Å². The van der Waals surface area contributed by atoms with Crippen LogP contribution in [0.15, 0.2) is 21.5 Å². The minimum absolute atomic E-state index is 0.276. The van der Waals surface area contributed by atoms with Gasteiger partial charge in [0.1, 0.15) is 0 Å². The predicted octanol–water partition coefficient (Wildman–Crippen LogP) is 1.66. The number of aryl methyl sites for hydroxylation is 1. The summed E-state index contributed by atoms with van der Waals surface area (Å²) in [5.74, 6) is 0. The molecule has 1 aliphatic heterocycles. The molecule has 2 N–H and O–H groups in total. The first kappa shape index (κ1) is 15.8. The standard InChI is InChI=1S/C13H20BrN3O2S/c1-9-6-11(14)12(15)7-13(9)20(18,19)17-5-4-10(8-17)16(2)3/h6-7,10H,4-5,8,15H2,1-3H3. The number of nitrogens with zero attached hydrogens (tertiary/aromatic N) is 2. The van der Waals surface area contributed by atoms with E-state index >= 15 is 0 Å². The fourth-order valence-electron chi connectivity index (χ4n) is 2.44. The van der Waals surface area contributed by atoms with E-state index in [0.29, 0.717) is 29.2 Å². The first-order valence-electron chi connectivity index (χ1n) is 6.45. The van der Waals surface area contributed by atoms with Crippen molar-refractivity contribution in [1.29, 1.82) is 0 Å². The minimum atomic E-state index is -3.47. The van der Waals surface area contributed by atoms with Crippen molar-refractivity contribution in [3.63, 3.8) is 0 Å². The van der Waals surface area contributed by atoms with Crippen LogP contribution in [0.2, 0.25) is 0 Å². The second-order valence-corrected chi connectivity index (χ2v) is 8.17. The Morgan fingerprint density at radius 1 is 1.40 bits per heavy atom. The summed E-state index contributed by atoms with van der Waals surface area (Å²) in [6.07, 6.45) is 0.858. The summed E-state index contributed by atoms with van der Waals surface area (Å²) in [6, 6.07) is 3.57. The van der Waals surface area contributed by atoms with Gasteiger partial charge in [0.2, 0.25) is 10.0 Å². The number of rotatable bonds is 3. The number of nitrogen functional groups attached to an aromatic ring is 1. The van der Waals surface area contributed by atoms with E-state index in [1.165, 1.54) is 6.07 Å². The lowest BCUT2D eigenvalue weighted by Gasteiger charge is -2.21. The molecule has 0 spiro atoms. The summed E-state index contributed by atoms with van der Waals surface area (Å²) in [4.78, 5) is 2.37. The van der Waals surface area contributed by atoms with Gasteiger partial charge in [0.25, 0.3) is 0 Å². The molecular formula is C13H20BrN3O2S. The second-order valence-electron chi connectivity index (χ2n) is 5.41. The predicted molar refractivity (Wildman–Crippen MR) is 84.1 cm³/mol. The van der Waals surface area contributed by atoms with Gasteiger partial charge >= 0.3 is 0 Å². The van der Waals surface area contributed by atoms with Gasteiger partial charge in [-0.05, 0) is 61.1 Å². The first-order valence-corrected chi connectivity index (χ1v) is 8.69. The number of sulfonamides is 1. The van der Waals surface area contributed by atoms with Crippen molar-refractivity contribution in [3.8, 4) is 0 Å². The zero-order valence-corrected chi connectivity index (χ0v) is 14.3. The monoisotopic (exact) mass is 361 g/mol. The Kier molecular flexibility index (Phi) is 4.44. The third-order valence-corrected chi connectivity index (χ3v) is 6.46. The van der Waals surface area contributed by atoms with Crippen molar-refractivity contribution in [1.82, 2.24) is 9.21 Å². The average molecular weight is 362 g/mol. The Morgan fingerprint density at radius 2 is 2.05 bits per heavy atom. The Balaban J connectivity index is 2.35. The fourth-order valence-corrected chi connectivity index (χ4v) is 4.63. The lowest BCUT2D eigenvalue weighted by molar-refractivity contribution is 0.302. The normalized spacial score (nSPS) is 20.8. The molecule has 1 aromatic rings. The van der Waals surface area contributed by atoms with Crippen molar-refractivity contribution in [2.45, 2.75) is 24.3 Å². The van der Waals surface area contributed by atoms with Crippen molar-refractivity contribution in [2.24, 2.45) is 0 Å². The van der Waals surface area contributed by atoms with E-state index in [4.69, 9.17) is 5.73 Å². The maximum atomic E-state index is 12.7. The van der Waals surface area contributed by atoms with Crippen LogP contribution in [0.3, 0.4) is 0 Å². The molecule has 0 amide bonds. The molecule has 1 heterocycles. The molecule has 7 heteroatoms. The molecule has 1 unspecified atom stereocenters. The second kappa shape index (κ2) is 5.63. The SMILES string of the molecule is Cc1cc(Br)c(N)cc1S(=O)(=O)N1CCC(N(C)C)C1. The van der Waals surface area contributed by atoms with Crippen LogP contribution in [-0.2, 0) is 10.0 Å². The molecule has 5 nitrogen and oxygen atoms in total. The number of nitrogens with two attached hydrogens (primary N) is 1. The highest BCUT2D eigenvalue weighted by Crippen LogP contribution is 2.30. The van der Waals surface area contributed by atoms with Crippen LogP contribution in [0, 0.1) is 6.92 Å². The van der Waals surface area contributed by atoms with Crippen molar-refractivity contribution in [3.05, 3.63) is 22.2 Å². The number of hydrogen-bond donors (Lipinski definition) is 1. The van der Waals surface area contributed by atoms with Crippen molar-refractivity contribution in [2.75, 3.05) is 32.9 Å². The van der Waals surface area contributed by atoms with Gasteiger partial charge in [-0.15, -0.1) is 0 Å². The quantitative estimate of drug-likeness (QED) is 0.831. The number of hydrogen-bond acceptors (Lipinski definition) is 4. The van der Waals surface area contributed by atoms with Gasteiger partial charge < -0.3 is 10.6 Å². The molecule has 0 aromatic heterocycles. The molecule has 0 saturated carbocycles. The molecule has 0 radical (unpaired) electrons. The lowest BCUT2D eigenvalue weighted by atomic mass is 10.2. The lowest BCUT2D eigenvalue weighted by Crippen LogP contribution is -2.34. The van der Waals surface area contributed by atoms with E-state index < -0.39 is 10.0 Å². The number of likely N-dealkylation sites (N-methyl/N-ethyl adjacent to an activating group) is 1. The molecule has 0 aliphatic carbocycles. The van der Waals surface area contributed by atoms with Crippen LogP contribution >= 0.6 is 15.9 Å². The number of anilines is 1. The van der Waals surface area contributed by atoms with Gasteiger partial charge in [0.05, 0.1) is 4.90 Å². The van der Waals surface area contributed by atoms with Crippen LogP contribution in [0.5, 0.6) is 0 Å². The molecule has 1 aromatic carbocycles. The highest BCUT2D eigenvalue weighted by Gasteiger charge is 2.34. The van der Waals surface area contributed by atoms with E-state index in [0.717, 1.165) is 10.9 Å². The van der Waals surface area contributed by atoms with Gasteiger partial charge in [-0.3, -0.25) is 0 Å². The van der Waals surface area contributed by atoms with Crippen molar-refractivity contribution >= 4 is 31.6 Å². The number of benzene rings is 1.